The van der Waals surface area contributed by atoms with Gasteiger partial charge in [-0.25, -0.2) is 4.98 Å². The fourth-order valence-electron chi connectivity index (χ4n) is 1.69. The number of nitrogens with one attached hydrogen (secondary N) is 2. The van der Waals surface area contributed by atoms with Crippen molar-refractivity contribution in [2.24, 2.45) is 0 Å². The van der Waals surface area contributed by atoms with Crippen LogP contribution in [0.3, 0.4) is 0 Å². The molecule has 2 rings (SSSR count). The second-order valence-electron chi connectivity index (χ2n) is 3.99. The number of hydrogen-bond acceptors (Lipinski definition) is 4. The lowest BCUT2D eigenvalue weighted by atomic mass is 10.3. The molecule has 5 heteroatoms. The molecule has 92 valence electrons. The minimum atomic E-state index is 0.757. The molecule has 0 unspecified atom stereocenters. The third kappa shape index (κ3) is 3.30. The summed E-state index contributed by atoms with van der Waals surface area (Å²) in [5, 5.41) is 3.30. The van der Waals surface area contributed by atoms with Gasteiger partial charge in [0, 0.05) is 12.2 Å². The summed E-state index contributed by atoms with van der Waals surface area (Å²) in [4.78, 5) is 7.66. The molecule has 1 aromatic carbocycles. The number of aromatic amines is 1. The van der Waals surface area contributed by atoms with E-state index < -0.39 is 0 Å². The molecular formula is C12H18N4S. The second kappa shape index (κ2) is 5.82. The van der Waals surface area contributed by atoms with Crippen molar-refractivity contribution in [2.75, 3.05) is 29.6 Å². The maximum atomic E-state index is 5.72. The van der Waals surface area contributed by atoms with Crippen molar-refractivity contribution in [3.8, 4) is 0 Å². The Bertz CT molecular complexity index is 480. The molecule has 0 radical (unpaired) electrons. The van der Waals surface area contributed by atoms with E-state index in [4.69, 9.17) is 5.73 Å². The molecule has 0 fully saturated rings. The van der Waals surface area contributed by atoms with Crippen molar-refractivity contribution >= 4 is 34.4 Å². The Morgan fingerprint density at radius 3 is 3.12 bits per heavy atom. The number of H-pyrrole nitrogens is 1. The van der Waals surface area contributed by atoms with Crippen molar-refractivity contribution in [1.29, 1.82) is 0 Å². The van der Waals surface area contributed by atoms with E-state index in [-0.39, 0.29) is 0 Å². The monoisotopic (exact) mass is 250 g/mol. The number of fused-ring (bicyclic) bond motifs is 1. The molecule has 0 saturated heterocycles. The Labute approximate surface area is 105 Å². The predicted octanol–water partition coefficient (Wildman–Crippen LogP) is 2.70. The largest absolute Gasteiger partial charge is 0.399 e. The van der Waals surface area contributed by atoms with Gasteiger partial charge in [0.1, 0.15) is 0 Å². The number of imidazole rings is 1. The third-order valence-electron chi connectivity index (χ3n) is 2.57. The van der Waals surface area contributed by atoms with Gasteiger partial charge < -0.3 is 16.0 Å². The summed E-state index contributed by atoms with van der Waals surface area (Å²) in [6, 6.07) is 5.70. The average Bonchev–Trinajstić information content (AvgIpc) is 2.70. The molecule has 17 heavy (non-hydrogen) atoms. The number of hydrogen-bond donors (Lipinski definition) is 3. The summed E-state index contributed by atoms with van der Waals surface area (Å²) >= 11 is 1.89. The van der Waals surface area contributed by atoms with Gasteiger partial charge in [-0.3, -0.25) is 0 Å². The van der Waals surface area contributed by atoms with E-state index in [2.05, 4.69) is 21.5 Å². The highest BCUT2D eigenvalue weighted by Crippen LogP contribution is 2.17. The molecule has 0 aliphatic rings. The third-order valence-corrected chi connectivity index (χ3v) is 3.27. The van der Waals surface area contributed by atoms with Crippen LogP contribution in [-0.2, 0) is 0 Å². The minimum Gasteiger partial charge on any atom is -0.399 e. The van der Waals surface area contributed by atoms with Crippen LogP contribution < -0.4 is 11.1 Å². The smallest absolute Gasteiger partial charge is 0.201 e. The maximum absolute atomic E-state index is 5.72. The van der Waals surface area contributed by atoms with Crippen LogP contribution in [0.4, 0.5) is 11.6 Å². The molecule has 0 amide bonds. The van der Waals surface area contributed by atoms with Crippen molar-refractivity contribution in [2.45, 2.75) is 12.8 Å². The second-order valence-corrected chi connectivity index (χ2v) is 4.97. The van der Waals surface area contributed by atoms with E-state index in [1.54, 1.807) is 0 Å². The van der Waals surface area contributed by atoms with Gasteiger partial charge >= 0.3 is 0 Å². The van der Waals surface area contributed by atoms with Gasteiger partial charge in [-0.05, 0) is 43.0 Å². The first-order chi connectivity index (χ1) is 8.29. The highest BCUT2D eigenvalue weighted by Gasteiger charge is 2.01. The first-order valence-corrected chi connectivity index (χ1v) is 7.17. The fraction of sp³-hybridized carbons (Fsp3) is 0.417. The topological polar surface area (TPSA) is 66.7 Å². The number of rotatable bonds is 6. The number of nitrogen functional groups attached to an aromatic ring is 1. The molecule has 0 aliphatic heterocycles. The van der Waals surface area contributed by atoms with Crippen LogP contribution in [-0.4, -0.2) is 28.5 Å². The van der Waals surface area contributed by atoms with Crippen LogP contribution in [0.25, 0.3) is 11.0 Å². The molecule has 2 aromatic rings. The lowest BCUT2D eigenvalue weighted by Crippen LogP contribution is -2.03. The van der Waals surface area contributed by atoms with Crippen LogP contribution in [0.1, 0.15) is 12.8 Å². The first-order valence-electron chi connectivity index (χ1n) is 5.77. The molecule has 1 heterocycles. The van der Waals surface area contributed by atoms with E-state index in [0.29, 0.717) is 0 Å². The average molecular weight is 250 g/mol. The lowest BCUT2D eigenvalue weighted by molar-refractivity contribution is 0.837. The van der Waals surface area contributed by atoms with Gasteiger partial charge in [0.15, 0.2) is 0 Å². The van der Waals surface area contributed by atoms with E-state index in [1.165, 1.54) is 18.6 Å². The van der Waals surface area contributed by atoms with Crippen molar-refractivity contribution < 1.29 is 0 Å². The van der Waals surface area contributed by atoms with Crippen LogP contribution in [0.15, 0.2) is 18.2 Å². The molecule has 0 spiro atoms. The lowest BCUT2D eigenvalue weighted by Gasteiger charge is -2.01. The minimum absolute atomic E-state index is 0.757. The zero-order valence-corrected chi connectivity index (χ0v) is 10.8. The molecule has 0 bridgehead atoms. The normalized spacial score (nSPS) is 10.9. The number of anilines is 2. The molecule has 4 N–H and O–H groups in total. The molecule has 4 nitrogen and oxygen atoms in total. The number of unbranched alkanes of at least 4 members (excludes halogenated alkanes) is 1. The van der Waals surface area contributed by atoms with Crippen LogP contribution in [0.5, 0.6) is 0 Å². The number of thioether (sulfide) groups is 1. The summed E-state index contributed by atoms with van der Waals surface area (Å²) in [5.74, 6) is 2.05. The summed E-state index contributed by atoms with van der Waals surface area (Å²) in [7, 11) is 0. The Balaban J connectivity index is 1.91. The molecule has 0 atom stereocenters. The quantitative estimate of drug-likeness (QED) is 0.545. The Morgan fingerprint density at radius 1 is 1.41 bits per heavy atom. The highest BCUT2D eigenvalue weighted by molar-refractivity contribution is 7.98. The summed E-state index contributed by atoms with van der Waals surface area (Å²) in [6.45, 7) is 0.954. The SMILES string of the molecule is CSCCCCNc1nc2ccc(N)cc2[nH]1. The van der Waals surface area contributed by atoms with Gasteiger partial charge in [-0.15, -0.1) is 0 Å². The number of aromatic nitrogens is 2. The molecular weight excluding hydrogens is 232 g/mol. The van der Waals surface area contributed by atoms with Gasteiger partial charge in [-0.1, -0.05) is 0 Å². The first kappa shape index (κ1) is 12.1. The van der Waals surface area contributed by atoms with Gasteiger partial charge in [-0.2, -0.15) is 11.8 Å². The zero-order valence-electron chi connectivity index (χ0n) is 9.99. The number of nitrogens with two attached hydrogens (primary N) is 1. The predicted molar refractivity (Wildman–Crippen MR) is 76.6 cm³/mol. The van der Waals surface area contributed by atoms with Crippen LogP contribution >= 0.6 is 11.8 Å². The van der Waals surface area contributed by atoms with Crippen LogP contribution in [0, 0.1) is 0 Å². The molecule has 0 saturated carbocycles. The molecule has 0 aliphatic carbocycles. The summed E-state index contributed by atoms with van der Waals surface area (Å²) in [5.41, 5.74) is 8.41. The van der Waals surface area contributed by atoms with E-state index in [9.17, 15) is 0 Å². The number of benzene rings is 1. The Morgan fingerprint density at radius 2 is 2.29 bits per heavy atom. The van der Waals surface area contributed by atoms with E-state index in [1.807, 2.05) is 30.0 Å². The molecule has 1 aromatic heterocycles. The number of nitrogens with zero attached hydrogens (tertiary/aromatic N) is 1. The highest BCUT2D eigenvalue weighted by atomic mass is 32.2. The van der Waals surface area contributed by atoms with Gasteiger partial charge in [0.25, 0.3) is 0 Å². The standard InChI is InChI=1S/C12H18N4S/c1-17-7-3-2-6-14-12-15-10-5-4-9(13)8-11(10)16-12/h4-5,8H,2-3,6-7,13H2,1H3,(H2,14,15,16). The fourth-order valence-corrected chi connectivity index (χ4v) is 2.18. The summed E-state index contributed by atoms with van der Waals surface area (Å²) < 4.78 is 0. The van der Waals surface area contributed by atoms with Crippen molar-refractivity contribution in [3.63, 3.8) is 0 Å². The van der Waals surface area contributed by atoms with E-state index >= 15 is 0 Å². The van der Waals surface area contributed by atoms with E-state index in [0.717, 1.165) is 29.2 Å². The Kier molecular flexibility index (Phi) is 4.14. The van der Waals surface area contributed by atoms with Crippen LogP contribution in [0.2, 0.25) is 0 Å². The van der Waals surface area contributed by atoms with Crippen molar-refractivity contribution in [3.05, 3.63) is 18.2 Å². The van der Waals surface area contributed by atoms with Crippen molar-refractivity contribution in [1.82, 2.24) is 9.97 Å². The Hall–Kier alpha value is -1.36. The zero-order chi connectivity index (χ0) is 12.1. The summed E-state index contributed by atoms with van der Waals surface area (Å²) in [6.07, 6.45) is 4.54. The van der Waals surface area contributed by atoms with Gasteiger partial charge in [0.2, 0.25) is 5.95 Å². The maximum Gasteiger partial charge on any atom is 0.201 e. The van der Waals surface area contributed by atoms with Gasteiger partial charge in [0.05, 0.1) is 11.0 Å².